The average molecular weight is 287 g/mol. The van der Waals surface area contributed by atoms with Crippen molar-refractivity contribution in [2.75, 3.05) is 13.1 Å². The maximum Gasteiger partial charge on any atom is 0.246 e. The van der Waals surface area contributed by atoms with Gasteiger partial charge in [-0.25, -0.2) is 0 Å². The number of pyridine rings is 1. The zero-order valence-electron chi connectivity index (χ0n) is 11.6. The van der Waals surface area contributed by atoms with Gasteiger partial charge < -0.3 is 15.2 Å². The van der Waals surface area contributed by atoms with E-state index < -0.39 is 0 Å². The fourth-order valence-electron chi connectivity index (χ4n) is 2.33. The van der Waals surface area contributed by atoms with Crippen LogP contribution in [0.1, 0.15) is 18.7 Å². The van der Waals surface area contributed by atoms with E-state index in [9.17, 15) is 4.79 Å². The predicted octanol–water partition coefficient (Wildman–Crippen LogP) is 0.747. The molecule has 0 aliphatic carbocycles. The van der Waals surface area contributed by atoms with Crippen molar-refractivity contribution >= 4 is 5.91 Å². The standard InChI is InChI=1S/C14H17N5O2/c20-14(11-2-1-5-16-8-11)17-9-12-18-13(19-21-12)10-3-6-15-7-4-10/h3-4,6-7,11,16H,1-2,5,8-9H2,(H,17,20). The van der Waals surface area contributed by atoms with Gasteiger partial charge in [-0.2, -0.15) is 4.98 Å². The van der Waals surface area contributed by atoms with Crippen LogP contribution < -0.4 is 10.6 Å². The molecule has 1 unspecified atom stereocenters. The number of nitrogens with zero attached hydrogens (tertiary/aromatic N) is 3. The van der Waals surface area contributed by atoms with Crippen molar-refractivity contribution in [2.45, 2.75) is 19.4 Å². The van der Waals surface area contributed by atoms with Crippen molar-refractivity contribution in [3.8, 4) is 11.4 Å². The molecule has 1 fully saturated rings. The Balaban J connectivity index is 1.56. The van der Waals surface area contributed by atoms with Crippen LogP contribution in [0.4, 0.5) is 0 Å². The molecule has 1 saturated heterocycles. The number of carbonyl (C=O) groups is 1. The molecule has 3 rings (SSSR count). The summed E-state index contributed by atoms with van der Waals surface area (Å²) in [5.41, 5.74) is 0.836. The molecule has 2 aromatic rings. The zero-order chi connectivity index (χ0) is 14.5. The van der Waals surface area contributed by atoms with Gasteiger partial charge in [0.05, 0.1) is 12.5 Å². The Morgan fingerprint density at radius 3 is 3.05 bits per heavy atom. The molecule has 1 amide bonds. The third-order valence-corrected chi connectivity index (χ3v) is 3.49. The normalized spacial score (nSPS) is 18.4. The summed E-state index contributed by atoms with van der Waals surface area (Å²) >= 11 is 0. The number of hydrogen-bond acceptors (Lipinski definition) is 6. The van der Waals surface area contributed by atoms with Gasteiger partial charge in [0.1, 0.15) is 0 Å². The molecular formula is C14H17N5O2. The summed E-state index contributed by atoms with van der Waals surface area (Å²) in [4.78, 5) is 20.2. The first-order valence-electron chi connectivity index (χ1n) is 7.04. The van der Waals surface area contributed by atoms with Crippen LogP contribution in [0.2, 0.25) is 0 Å². The Morgan fingerprint density at radius 1 is 1.43 bits per heavy atom. The first kappa shape index (κ1) is 13.7. The Labute approximate surface area is 122 Å². The molecular weight excluding hydrogens is 270 g/mol. The van der Waals surface area contributed by atoms with E-state index in [0.717, 1.165) is 31.5 Å². The molecule has 110 valence electrons. The van der Waals surface area contributed by atoms with Gasteiger partial charge in [-0.1, -0.05) is 5.16 Å². The molecule has 1 aliphatic rings. The largest absolute Gasteiger partial charge is 0.347 e. The second kappa shape index (κ2) is 6.45. The molecule has 0 saturated carbocycles. The van der Waals surface area contributed by atoms with E-state index in [4.69, 9.17) is 4.52 Å². The zero-order valence-corrected chi connectivity index (χ0v) is 11.6. The Morgan fingerprint density at radius 2 is 2.29 bits per heavy atom. The summed E-state index contributed by atoms with van der Waals surface area (Å²) in [7, 11) is 0. The highest BCUT2D eigenvalue weighted by Crippen LogP contribution is 2.14. The van der Waals surface area contributed by atoms with E-state index in [0.29, 0.717) is 11.7 Å². The lowest BCUT2D eigenvalue weighted by molar-refractivity contribution is -0.125. The van der Waals surface area contributed by atoms with Gasteiger partial charge in [0.15, 0.2) is 0 Å². The van der Waals surface area contributed by atoms with Crippen LogP contribution in [-0.4, -0.2) is 34.1 Å². The molecule has 21 heavy (non-hydrogen) atoms. The van der Waals surface area contributed by atoms with E-state index >= 15 is 0 Å². The number of aromatic nitrogens is 3. The van der Waals surface area contributed by atoms with Crippen LogP contribution in [0.15, 0.2) is 29.0 Å². The van der Waals surface area contributed by atoms with Crippen LogP contribution >= 0.6 is 0 Å². The van der Waals surface area contributed by atoms with E-state index in [1.54, 1.807) is 24.5 Å². The van der Waals surface area contributed by atoms with Crippen LogP contribution in [0.3, 0.4) is 0 Å². The lowest BCUT2D eigenvalue weighted by Gasteiger charge is -2.21. The monoisotopic (exact) mass is 287 g/mol. The maximum absolute atomic E-state index is 12.0. The van der Waals surface area contributed by atoms with Crippen LogP contribution in [-0.2, 0) is 11.3 Å². The van der Waals surface area contributed by atoms with Crippen LogP contribution in [0.5, 0.6) is 0 Å². The summed E-state index contributed by atoms with van der Waals surface area (Å²) < 4.78 is 5.14. The number of rotatable bonds is 4. The van der Waals surface area contributed by atoms with Crippen molar-refractivity contribution in [3.05, 3.63) is 30.4 Å². The number of piperidine rings is 1. The first-order valence-corrected chi connectivity index (χ1v) is 7.04. The molecule has 7 heteroatoms. The molecule has 1 atom stereocenters. The number of amides is 1. The topological polar surface area (TPSA) is 92.9 Å². The number of carbonyl (C=O) groups excluding carboxylic acids is 1. The first-order chi connectivity index (χ1) is 10.3. The minimum absolute atomic E-state index is 0.0290. The van der Waals surface area contributed by atoms with Crippen molar-refractivity contribution in [1.29, 1.82) is 0 Å². The molecule has 7 nitrogen and oxygen atoms in total. The highest BCUT2D eigenvalue weighted by Gasteiger charge is 2.21. The van der Waals surface area contributed by atoms with Gasteiger partial charge in [0.25, 0.3) is 0 Å². The van der Waals surface area contributed by atoms with Gasteiger partial charge in [-0.05, 0) is 31.5 Å². The number of hydrogen-bond donors (Lipinski definition) is 2. The lowest BCUT2D eigenvalue weighted by Crippen LogP contribution is -2.40. The average Bonchev–Trinajstić information content (AvgIpc) is 3.03. The molecule has 0 bridgehead atoms. The minimum Gasteiger partial charge on any atom is -0.347 e. The maximum atomic E-state index is 12.0. The van der Waals surface area contributed by atoms with Crippen molar-refractivity contribution in [1.82, 2.24) is 25.8 Å². The van der Waals surface area contributed by atoms with Crippen molar-refractivity contribution in [3.63, 3.8) is 0 Å². The Hall–Kier alpha value is -2.28. The minimum atomic E-state index is 0.0290. The summed E-state index contributed by atoms with van der Waals surface area (Å²) in [6, 6.07) is 3.61. The number of nitrogens with one attached hydrogen (secondary N) is 2. The van der Waals surface area contributed by atoms with E-state index in [1.165, 1.54) is 0 Å². The fraction of sp³-hybridized carbons (Fsp3) is 0.429. The third kappa shape index (κ3) is 3.43. The SMILES string of the molecule is O=C(NCc1nc(-c2ccncc2)no1)C1CCCNC1. The summed E-state index contributed by atoms with van der Waals surface area (Å²) in [5, 5.41) is 9.97. The third-order valence-electron chi connectivity index (χ3n) is 3.49. The van der Waals surface area contributed by atoms with Crippen LogP contribution in [0.25, 0.3) is 11.4 Å². The predicted molar refractivity (Wildman–Crippen MR) is 75.0 cm³/mol. The van der Waals surface area contributed by atoms with Crippen molar-refractivity contribution < 1.29 is 9.32 Å². The molecule has 2 aromatic heterocycles. The summed E-state index contributed by atoms with van der Waals surface area (Å²) in [6.07, 6.45) is 5.29. The lowest BCUT2D eigenvalue weighted by atomic mass is 9.99. The second-order valence-electron chi connectivity index (χ2n) is 5.01. The van der Waals surface area contributed by atoms with Gasteiger partial charge in [0, 0.05) is 24.5 Å². The highest BCUT2D eigenvalue weighted by atomic mass is 16.5. The second-order valence-corrected chi connectivity index (χ2v) is 5.01. The van der Waals surface area contributed by atoms with Gasteiger partial charge in [0.2, 0.25) is 17.6 Å². The molecule has 0 aromatic carbocycles. The van der Waals surface area contributed by atoms with Gasteiger partial charge >= 0.3 is 0 Å². The van der Waals surface area contributed by atoms with E-state index in [2.05, 4.69) is 25.8 Å². The smallest absolute Gasteiger partial charge is 0.246 e. The van der Waals surface area contributed by atoms with E-state index in [-0.39, 0.29) is 18.4 Å². The summed E-state index contributed by atoms with van der Waals surface area (Å²) in [6.45, 7) is 1.98. The summed E-state index contributed by atoms with van der Waals surface area (Å²) in [5.74, 6) is 0.965. The van der Waals surface area contributed by atoms with Crippen LogP contribution in [0, 0.1) is 5.92 Å². The molecule has 0 spiro atoms. The quantitative estimate of drug-likeness (QED) is 0.862. The molecule has 0 radical (unpaired) electrons. The van der Waals surface area contributed by atoms with E-state index in [1.807, 2.05) is 0 Å². The van der Waals surface area contributed by atoms with Crippen molar-refractivity contribution in [2.24, 2.45) is 5.92 Å². The molecule has 3 heterocycles. The molecule has 2 N–H and O–H groups in total. The highest BCUT2D eigenvalue weighted by molar-refractivity contribution is 5.78. The van der Waals surface area contributed by atoms with Gasteiger partial charge in [-0.15, -0.1) is 0 Å². The fourth-order valence-corrected chi connectivity index (χ4v) is 2.33. The van der Waals surface area contributed by atoms with Gasteiger partial charge in [-0.3, -0.25) is 9.78 Å². The Kier molecular flexibility index (Phi) is 4.20. The molecule has 1 aliphatic heterocycles. The Bertz CT molecular complexity index is 592.